The normalized spacial score (nSPS) is 20.0. The molecule has 100 valence electrons. The molecule has 1 aliphatic rings. The average Bonchev–Trinajstić information content (AvgIpc) is 3.00. The van der Waals surface area contributed by atoms with Gasteiger partial charge in [0.05, 0.1) is 32.0 Å². The highest BCUT2D eigenvalue weighted by molar-refractivity contribution is 5.32. The first-order valence-corrected chi connectivity index (χ1v) is 6.07. The maximum absolute atomic E-state index is 13.6. The van der Waals surface area contributed by atoms with E-state index < -0.39 is 6.10 Å². The van der Waals surface area contributed by atoms with Crippen molar-refractivity contribution in [2.75, 3.05) is 13.2 Å². The van der Waals surface area contributed by atoms with Gasteiger partial charge in [0.1, 0.15) is 11.5 Å². The zero-order valence-electron chi connectivity index (χ0n) is 10.2. The third-order valence-electron chi connectivity index (χ3n) is 2.96. The third-order valence-corrected chi connectivity index (χ3v) is 2.96. The molecule has 6 heteroatoms. The minimum atomic E-state index is -0.443. The Labute approximate surface area is 109 Å². The summed E-state index contributed by atoms with van der Waals surface area (Å²) in [5, 5.41) is 15.2. The largest absolute Gasteiger partial charge is 0.389 e. The number of hydroxylamine groups is 2. The van der Waals surface area contributed by atoms with Gasteiger partial charge in [0.25, 0.3) is 0 Å². The van der Waals surface area contributed by atoms with E-state index in [4.69, 9.17) is 4.84 Å². The molecule has 2 aromatic rings. The van der Waals surface area contributed by atoms with Crippen molar-refractivity contribution in [3.05, 3.63) is 48.0 Å². The summed E-state index contributed by atoms with van der Waals surface area (Å²) in [6.45, 7) is 1.32. The van der Waals surface area contributed by atoms with E-state index in [1.807, 2.05) is 0 Å². The van der Waals surface area contributed by atoms with E-state index in [-0.39, 0.29) is 5.82 Å². The number of hydrogen-bond acceptors (Lipinski definition) is 4. The van der Waals surface area contributed by atoms with Crippen LogP contribution in [-0.2, 0) is 11.4 Å². The van der Waals surface area contributed by atoms with Gasteiger partial charge in [-0.25, -0.2) is 9.07 Å². The van der Waals surface area contributed by atoms with E-state index in [2.05, 4.69) is 5.10 Å². The summed E-state index contributed by atoms with van der Waals surface area (Å²) in [5.74, 6) is -0.315. The van der Waals surface area contributed by atoms with Crippen LogP contribution in [0.5, 0.6) is 0 Å². The Kier molecular flexibility index (Phi) is 3.29. The molecule has 0 spiro atoms. The van der Waals surface area contributed by atoms with Crippen molar-refractivity contribution in [1.29, 1.82) is 0 Å². The Hall–Kier alpha value is -1.76. The summed E-state index contributed by atoms with van der Waals surface area (Å²) in [4.78, 5) is 5.28. The van der Waals surface area contributed by atoms with Gasteiger partial charge < -0.3 is 5.11 Å². The summed E-state index contributed by atoms with van der Waals surface area (Å²) < 4.78 is 15.1. The van der Waals surface area contributed by atoms with Gasteiger partial charge >= 0.3 is 0 Å². The van der Waals surface area contributed by atoms with Crippen LogP contribution < -0.4 is 0 Å². The van der Waals surface area contributed by atoms with Gasteiger partial charge in [0, 0.05) is 11.8 Å². The van der Waals surface area contributed by atoms with Crippen LogP contribution in [0.25, 0.3) is 5.69 Å². The molecule has 0 saturated carbocycles. The van der Waals surface area contributed by atoms with Crippen LogP contribution in [0.3, 0.4) is 0 Å². The molecule has 5 nitrogen and oxygen atoms in total. The average molecular weight is 263 g/mol. The maximum atomic E-state index is 13.6. The molecule has 2 heterocycles. The first-order valence-electron chi connectivity index (χ1n) is 6.07. The van der Waals surface area contributed by atoms with Gasteiger partial charge in [0.2, 0.25) is 0 Å². The monoisotopic (exact) mass is 263 g/mol. The smallest absolute Gasteiger partial charge is 0.148 e. The Balaban J connectivity index is 1.75. The summed E-state index contributed by atoms with van der Waals surface area (Å²) in [6.07, 6.45) is 2.98. The first-order chi connectivity index (χ1) is 9.22. The lowest BCUT2D eigenvalue weighted by atomic mass is 10.3. The Morgan fingerprint density at radius 1 is 1.42 bits per heavy atom. The van der Waals surface area contributed by atoms with E-state index >= 15 is 0 Å². The van der Waals surface area contributed by atoms with Gasteiger partial charge in [-0.15, -0.1) is 0 Å². The van der Waals surface area contributed by atoms with E-state index in [1.54, 1.807) is 35.7 Å². The van der Waals surface area contributed by atoms with Crippen molar-refractivity contribution in [3.63, 3.8) is 0 Å². The van der Waals surface area contributed by atoms with Gasteiger partial charge in [-0.2, -0.15) is 10.2 Å². The Morgan fingerprint density at radius 3 is 3.00 bits per heavy atom. The summed E-state index contributed by atoms with van der Waals surface area (Å²) in [5.41, 5.74) is 1.31. The zero-order chi connectivity index (χ0) is 13.2. The number of rotatable bonds is 3. The van der Waals surface area contributed by atoms with Crippen LogP contribution in [0.15, 0.2) is 36.7 Å². The molecule has 0 radical (unpaired) electrons. The van der Waals surface area contributed by atoms with Crippen molar-refractivity contribution < 1.29 is 14.3 Å². The Morgan fingerprint density at radius 2 is 2.26 bits per heavy atom. The van der Waals surface area contributed by atoms with Gasteiger partial charge in [-0.3, -0.25) is 4.84 Å². The highest BCUT2D eigenvalue weighted by Crippen LogP contribution is 2.15. The van der Waals surface area contributed by atoms with Gasteiger partial charge in [-0.05, 0) is 12.1 Å². The lowest BCUT2D eigenvalue weighted by Crippen LogP contribution is -2.20. The van der Waals surface area contributed by atoms with Gasteiger partial charge in [0.15, 0.2) is 0 Å². The minimum absolute atomic E-state index is 0.315. The molecule has 1 fully saturated rings. The van der Waals surface area contributed by atoms with Crippen LogP contribution in [0.1, 0.15) is 5.56 Å². The molecule has 0 amide bonds. The molecule has 1 aromatic heterocycles. The van der Waals surface area contributed by atoms with Crippen LogP contribution in [0.2, 0.25) is 0 Å². The van der Waals surface area contributed by atoms with Crippen molar-refractivity contribution in [2.24, 2.45) is 0 Å². The van der Waals surface area contributed by atoms with Crippen molar-refractivity contribution in [2.45, 2.75) is 12.6 Å². The van der Waals surface area contributed by atoms with Crippen LogP contribution >= 0.6 is 0 Å². The maximum Gasteiger partial charge on any atom is 0.148 e. The van der Waals surface area contributed by atoms with Crippen molar-refractivity contribution >= 4 is 0 Å². The molecule has 1 aromatic carbocycles. The number of β-amino-alcohol motifs (C(OH)–C–C–N with tert-alkyl or cyclic N) is 1. The highest BCUT2D eigenvalue weighted by atomic mass is 19.1. The number of benzene rings is 1. The molecule has 1 saturated heterocycles. The fraction of sp³-hybridized carbons (Fsp3) is 0.308. The lowest BCUT2D eigenvalue weighted by molar-refractivity contribution is -0.117. The second-order valence-corrected chi connectivity index (χ2v) is 4.52. The quantitative estimate of drug-likeness (QED) is 0.901. The molecular formula is C13H14FN3O2. The summed E-state index contributed by atoms with van der Waals surface area (Å²) in [6, 6.07) is 6.47. The first kappa shape index (κ1) is 12.3. The number of hydrogen-bond donors (Lipinski definition) is 1. The van der Waals surface area contributed by atoms with Crippen molar-refractivity contribution in [3.8, 4) is 5.69 Å². The summed E-state index contributed by atoms with van der Waals surface area (Å²) >= 11 is 0. The second kappa shape index (κ2) is 5.08. The predicted octanol–water partition coefficient (Wildman–Crippen LogP) is 1.12. The second-order valence-electron chi connectivity index (χ2n) is 4.52. The lowest BCUT2D eigenvalue weighted by Gasteiger charge is -2.11. The number of para-hydroxylation sites is 1. The molecule has 19 heavy (non-hydrogen) atoms. The SMILES string of the molecule is OC1CON(Cc2cnn(-c3ccccc3F)c2)C1. The third kappa shape index (κ3) is 2.65. The van der Waals surface area contributed by atoms with E-state index in [0.717, 1.165) is 5.56 Å². The molecular weight excluding hydrogens is 249 g/mol. The molecule has 1 N–H and O–H groups in total. The highest BCUT2D eigenvalue weighted by Gasteiger charge is 2.21. The molecule has 0 bridgehead atoms. The zero-order valence-corrected chi connectivity index (χ0v) is 10.2. The van der Waals surface area contributed by atoms with Crippen molar-refractivity contribution in [1.82, 2.24) is 14.8 Å². The number of aliphatic hydroxyl groups excluding tert-OH is 1. The molecule has 1 aliphatic heterocycles. The number of nitrogens with zero attached hydrogens (tertiary/aromatic N) is 3. The van der Waals surface area contributed by atoms with Crippen LogP contribution in [0.4, 0.5) is 4.39 Å². The van der Waals surface area contributed by atoms with Crippen LogP contribution in [0, 0.1) is 5.82 Å². The fourth-order valence-electron chi connectivity index (χ4n) is 2.06. The summed E-state index contributed by atoms with van der Waals surface area (Å²) in [7, 11) is 0. The molecule has 1 unspecified atom stereocenters. The number of halogens is 1. The van der Waals surface area contributed by atoms with E-state index in [9.17, 15) is 9.50 Å². The van der Waals surface area contributed by atoms with E-state index in [1.165, 1.54) is 10.7 Å². The molecule has 0 aliphatic carbocycles. The van der Waals surface area contributed by atoms with Gasteiger partial charge in [-0.1, -0.05) is 12.1 Å². The standard InChI is InChI=1S/C13H14FN3O2/c14-12-3-1-2-4-13(12)17-7-10(5-15-17)6-16-8-11(18)9-19-16/h1-5,7,11,18H,6,8-9H2. The number of aliphatic hydroxyl groups is 1. The van der Waals surface area contributed by atoms with Crippen LogP contribution in [-0.4, -0.2) is 39.2 Å². The Bertz CT molecular complexity index is 573. The minimum Gasteiger partial charge on any atom is -0.389 e. The molecule has 1 atom stereocenters. The number of aromatic nitrogens is 2. The van der Waals surface area contributed by atoms with E-state index in [0.29, 0.717) is 25.4 Å². The fourth-order valence-corrected chi connectivity index (χ4v) is 2.06. The topological polar surface area (TPSA) is 50.5 Å². The predicted molar refractivity (Wildman–Crippen MR) is 65.9 cm³/mol. The molecule has 3 rings (SSSR count).